The summed E-state index contributed by atoms with van der Waals surface area (Å²) in [7, 11) is 1.63. The van der Waals surface area contributed by atoms with Crippen molar-refractivity contribution in [3.05, 3.63) is 89.7 Å². The Kier molecular flexibility index (Phi) is 4.27. The first-order chi connectivity index (χ1) is 12.8. The van der Waals surface area contributed by atoms with Gasteiger partial charge in [0.2, 0.25) is 0 Å². The third-order valence-electron chi connectivity index (χ3n) is 4.50. The molecule has 4 rings (SSSR count). The van der Waals surface area contributed by atoms with E-state index in [1.165, 1.54) is 0 Å². The Morgan fingerprint density at radius 2 is 1.81 bits per heavy atom. The van der Waals surface area contributed by atoms with Crippen molar-refractivity contribution in [2.75, 3.05) is 12.4 Å². The van der Waals surface area contributed by atoms with Crippen molar-refractivity contribution in [2.24, 2.45) is 0 Å². The van der Waals surface area contributed by atoms with Crippen molar-refractivity contribution in [2.45, 2.75) is 12.7 Å². The molecule has 130 valence electrons. The highest BCUT2D eigenvalue weighted by Gasteiger charge is 2.38. The number of carbonyl (C=O) groups is 1. The van der Waals surface area contributed by atoms with Crippen LogP contribution in [0.4, 0.5) is 5.69 Å². The largest absolute Gasteiger partial charge is 0.495 e. The lowest BCUT2D eigenvalue weighted by Gasteiger charge is -2.27. The second kappa shape index (κ2) is 6.88. The number of amides is 1. The highest BCUT2D eigenvalue weighted by molar-refractivity contribution is 5.99. The smallest absolute Gasteiger partial charge is 0.258 e. The quantitative estimate of drug-likeness (QED) is 0.763. The topological polar surface area (TPSA) is 54.5 Å². The number of pyridine rings is 1. The number of nitrogens with one attached hydrogen (secondary N) is 1. The van der Waals surface area contributed by atoms with Gasteiger partial charge in [-0.05, 0) is 29.8 Å². The second-order valence-electron chi connectivity index (χ2n) is 6.10. The average Bonchev–Trinajstić information content (AvgIpc) is 2.95. The zero-order chi connectivity index (χ0) is 17.9. The van der Waals surface area contributed by atoms with Gasteiger partial charge in [0.15, 0.2) is 0 Å². The molecule has 1 aliphatic rings. The van der Waals surface area contributed by atoms with E-state index in [-0.39, 0.29) is 12.1 Å². The van der Waals surface area contributed by atoms with E-state index < -0.39 is 0 Å². The number of benzene rings is 2. The van der Waals surface area contributed by atoms with Crippen LogP contribution in [0.15, 0.2) is 72.9 Å². The summed E-state index contributed by atoms with van der Waals surface area (Å²) in [5.41, 5.74) is 3.26. The predicted octanol–water partition coefficient (Wildman–Crippen LogP) is 3.86. The second-order valence-corrected chi connectivity index (χ2v) is 6.10. The molecular weight excluding hydrogens is 326 g/mol. The molecule has 0 saturated carbocycles. The van der Waals surface area contributed by atoms with Crippen molar-refractivity contribution < 1.29 is 9.53 Å². The monoisotopic (exact) mass is 345 g/mol. The average molecular weight is 345 g/mol. The van der Waals surface area contributed by atoms with Crippen molar-refractivity contribution in [3.8, 4) is 5.75 Å². The maximum Gasteiger partial charge on any atom is 0.258 e. The number of fused-ring (bicyclic) bond motifs is 1. The van der Waals surface area contributed by atoms with Crippen LogP contribution in [0.25, 0.3) is 0 Å². The van der Waals surface area contributed by atoms with E-state index in [9.17, 15) is 4.79 Å². The molecule has 3 aromatic rings. The van der Waals surface area contributed by atoms with Gasteiger partial charge in [-0.25, -0.2) is 0 Å². The fourth-order valence-corrected chi connectivity index (χ4v) is 3.24. The molecule has 5 nitrogen and oxygen atoms in total. The molecule has 1 atom stereocenters. The Morgan fingerprint density at radius 3 is 2.62 bits per heavy atom. The number of rotatable bonds is 5. The van der Waals surface area contributed by atoms with E-state index in [0.717, 1.165) is 22.7 Å². The summed E-state index contributed by atoms with van der Waals surface area (Å²) in [6.45, 7) is 0.503. The highest BCUT2D eigenvalue weighted by Crippen LogP contribution is 2.36. The number of hydrogen-bond acceptors (Lipinski definition) is 4. The molecule has 0 bridgehead atoms. The molecule has 5 heteroatoms. The van der Waals surface area contributed by atoms with Crippen LogP contribution in [0, 0.1) is 0 Å². The number of para-hydroxylation sites is 2. The van der Waals surface area contributed by atoms with Crippen molar-refractivity contribution >= 4 is 11.6 Å². The standard InChI is InChI=1S/C21H19N3O2/c1-26-18-12-6-5-11-17(18)23-20-19-16(10-7-13-22-19)21(25)24(20)14-15-8-3-2-4-9-15/h2-13,20,23H,14H2,1H3. The summed E-state index contributed by atoms with van der Waals surface area (Å²) in [5.74, 6) is 0.702. The number of aromatic nitrogens is 1. The van der Waals surface area contributed by atoms with Gasteiger partial charge in [-0.15, -0.1) is 0 Å². The van der Waals surface area contributed by atoms with Crippen LogP contribution in [-0.4, -0.2) is 22.9 Å². The number of hydrogen-bond donors (Lipinski definition) is 1. The molecule has 1 N–H and O–H groups in total. The molecular formula is C21H19N3O2. The van der Waals surface area contributed by atoms with Crippen LogP contribution in [0.1, 0.15) is 27.8 Å². The molecule has 0 spiro atoms. The first-order valence-corrected chi connectivity index (χ1v) is 8.47. The summed E-state index contributed by atoms with van der Waals surface area (Å²) < 4.78 is 5.44. The summed E-state index contributed by atoms with van der Waals surface area (Å²) >= 11 is 0. The van der Waals surface area contributed by atoms with Gasteiger partial charge >= 0.3 is 0 Å². The molecule has 1 unspecified atom stereocenters. The molecule has 0 aliphatic carbocycles. The number of methoxy groups -OCH3 is 1. The number of carbonyl (C=O) groups excluding carboxylic acids is 1. The van der Waals surface area contributed by atoms with E-state index >= 15 is 0 Å². The van der Waals surface area contributed by atoms with Crippen molar-refractivity contribution in [1.82, 2.24) is 9.88 Å². The van der Waals surface area contributed by atoms with Crippen LogP contribution < -0.4 is 10.1 Å². The van der Waals surface area contributed by atoms with Crippen LogP contribution >= 0.6 is 0 Å². The van der Waals surface area contributed by atoms with E-state index in [4.69, 9.17) is 4.74 Å². The van der Waals surface area contributed by atoms with E-state index in [0.29, 0.717) is 12.1 Å². The van der Waals surface area contributed by atoms with Crippen LogP contribution in [0.5, 0.6) is 5.75 Å². The number of anilines is 1. The first kappa shape index (κ1) is 16.1. The molecule has 1 aromatic heterocycles. The van der Waals surface area contributed by atoms with Crippen LogP contribution in [0.3, 0.4) is 0 Å². The van der Waals surface area contributed by atoms with Gasteiger partial charge in [0, 0.05) is 12.7 Å². The normalized spacial score (nSPS) is 15.7. The van der Waals surface area contributed by atoms with Crippen LogP contribution in [0.2, 0.25) is 0 Å². The lowest BCUT2D eigenvalue weighted by atomic mass is 10.2. The van der Waals surface area contributed by atoms with E-state index in [1.54, 1.807) is 24.3 Å². The maximum absolute atomic E-state index is 13.0. The number of nitrogens with zero attached hydrogens (tertiary/aromatic N) is 2. The fraction of sp³-hybridized carbons (Fsp3) is 0.143. The predicted molar refractivity (Wildman–Crippen MR) is 99.9 cm³/mol. The minimum Gasteiger partial charge on any atom is -0.495 e. The summed E-state index contributed by atoms with van der Waals surface area (Å²) in [6.07, 6.45) is 1.37. The third kappa shape index (κ3) is 2.88. The number of ether oxygens (including phenoxy) is 1. The lowest BCUT2D eigenvalue weighted by molar-refractivity contribution is 0.0727. The van der Waals surface area contributed by atoms with Gasteiger partial charge in [-0.1, -0.05) is 42.5 Å². The third-order valence-corrected chi connectivity index (χ3v) is 4.50. The molecule has 0 fully saturated rings. The van der Waals surface area contributed by atoms with E-state index in [2.05, 4.69) is 10.3 Å². The molecule has 2 aromatic carbocycles. The Labute approximate surface area is 152 Å². The Hall–Kier alpha value is -3.34. The van der Waals surface area contributed by atoms with Gasteiger partial charge in [-0.2, -0.15) is 0 Å². The SMILES string of the molecule is COc1ccccc1NC1c2ncccc2C(=O)N1Cc1ccccc1. The van der Waals surface area contributed by atoms with Gasteiger partial charge in [-0.3, -0.25) is 9.78 Å². The zero-order valence-electron chi connectivity index (χ0n) is 14.4. The molecule has 26 heavy (non-hydrogen) atoms. The highest BCUT2D eigenvalue weighted by atomic mass is 16.5. The fourth-order valence-electron chi connectivity index (χ4n) is 3.24. The molecule has 0 radical (unpaired) electrons. The van der Waals surface area contributed by atoms with Gasteiger partial charge in [0.1, 0.15) is 11.9 Å². The summed E-state index contributed by atoms with van der Waals surface area (Å²) in [6, 6.07) is 21.2. The van der Waals surface area contributed by atoms with E-state index in [1.807, 2.05) is 60.7 Å². The van der Waals surface area contributed by atoms with Crippen molar-refractivity contribution in [3.63, 3.8) is 0 Å². The summed E-state index contributed by atoms with van der Waals surface area (Å²) in [5, 5.41) is 3.43. The van der Waals surface area contributed by atoms with Gasteiger partial charge < -0.3 is 15.0 Å². The maximum atomic E-state index is 13.0. The lowest BCUT2D eigenvalue weighted by Crippen LogP contribution is -2.32. The minimum absolute atomic E-state index is 0.0237. The molecule has 2 heterocycles. The first-order valence-electron chi connectivity index (χ1n) is 8.47. The molecule has 1 amide bonds. The van der Waals surface area contributed by atoms with Gasteiger partial charge in [0.25, 0.3) is 5.91 Å². The zero-order valence-corrected chi connectivity index (χ0v) is 14.4. The molecule has 1 aliphatic heterocycles. The van der Waals surface area contributed by atoms with Gasteiger partial charge in [0.05, 0.1) is 24.1 Å². The minimum atomic E-state index is -0.352. The Balaban J connectivity index is 1.71. The summed E-state index contributed by atoms with van der Waals surface area (Å²) in [4.78, 5) is 19.2. The Bertz CT molecular complexity index is 927. The Morgan fingerprint density at radius 1 is 1.04 bits per heavy atom. The molecule has 0 saturated heterocycles. The van der Waals surface area contributed by atoms with Crippen molar-refractivity contribution in [1.29, 1.82) is 0 Å². The van der Waals surface area contributed by atoms with Crippen LogP contribution in [-0.2, 0) is 6.54 Å².